The normalized spacial score (nSPS) is 3.00. The van der Waals surface area contributed by atoms with E-state index in [0.717, 1.165) is 0 Å². The fourth-order valence-corrected chi connectivity index (χ4v) is 0. The molecule has 0 aliphatic heterocycles. The first-order chi connectivity index (χ1) is 1.73. The minimum atomic E-state index is -2.33. The molecule has 0 fully saturated rings. The zero-order valence-corrected chi connectivity index (χ0v) is 5.35. The van der Waals surface area contributed by atoms with Gasteiger partial charge in [0.1, 0.15) is 0 Å². The number of hydrogen-bond donors (Lipinski definition) is 0. The molecule has 0 heterocycles. The number of carbonyl (C=O) groups excluding carboxylic acids is 1. The summed E-state index contributed by atoms with van der Waals surface area (Å²) in [6, 6.07) is 0. The molecule has 0 aliphatic carbocycles. The predicted molar refractivity (Wildman–Crippen MR) is 10.9 cm³/mol. The Labute approximate surface area is 65.8 Å². The van der Waals surface area contributed by atoms with Crippen LogP contribution in [0.3, 0.4) is 0 Å². The average molecular weight is 213 g/mol. The van der Waals surface area contributed by atoms with Crippen LogP contribution in [0.2, 0.25) is 0 Å². The van der Waals surface area contributed by atoms with Crippen LogP contribution in [0.25, 0.3) is 0 Å². The molecule has 0 aliphatic rings. The van der Waals surface area contributed by atoms with Gasteiger partial charge in [-0.05, 0) is 6.16 Å². The predicted octanol–water partition coefficient (Wildman–Crippen LogP) is -3.45. The third-order valence-corrected chi connectivity index (χ3v) is 0. The minimum Gasteiger partial charge on any atom is -0.870 e. The van der Waals surface area contributed by atoms with Gasteiger partial charge in [-0.3, -0.25) is 0 Å². The second-order valence-electron chi connectivity index (χ2n) is 0.250. The Hall–Kier alpha value is 0.190. The second kappa shape index (κ2) is 27.1. The summed E-state index contributed by atoms with van der Waals surface area (Å²) < 4.78 is 0. The van der Waals surface area contributed by atoms with Crippen molar-refractivity contribution in [3.63, 3.8) is 0 Å². The molecule has 3 N–H and O–H groups in total. The molecular formula is CH3CoNiO5+2. The molecule has 0 unspecified atom stereocenters. The molecule has 0 amide bonds. The molecule has 0 radical (unpaired) electrons. The molecule has 0 aromatic carbocycles. The first-order valence-corrected chi connectivity index (χ1v) is 0.612. The standard InChI is InChI=1S/CH2O3.Co.Ni.2H2O/c2-1(3)4;;;;/h(H2,2,3,4);;;2*1H2/q;+3;+2;;/p-3. The van der Waals surface area contributed by atoms with Crippen molar-refractivity contribution in [2.45, 2.75) is 0 Å². The monoisotopic (exact) mass is 212 g/mol. The van der Waals surface area contributed by atoms with Gasteiger partial charge < -0.3 is 26.0 Å². The van der Waals surface area contributed by atoms with Crippen LogP contribution in [-0.4, -0.2) is 17.1 Å². The number of rotatable bonds is 0. The molecule has 0 saturated carbocycles. The molecule has 54 valence electrons. The Morgan fingerprint density at radius 2 is 1.25 bits per heavy atom. The van der Waals surface area contributed by atoms with Gasteiger partial charge in [0.2, 0.25) is 0 Å². The molecule has 0 aromatic heterocycles. The summed E-state index contributed by atoms with van der Waals surface area (Å²) in [5.74, 6) is 0. The second-order valence-corrected chi connectivity index (χ2v) is 0.250. The van der Waals surface area contributed by atoms with E-state index in [4.69, 9.17) is 15.0 Å². The average Bonchev–Trinajstić information content (AvgIpc) is 0.811. The third-order valence-electron chi connectivity index (χ3n) is 0. The van der Waals surface area contributed by atoms with Crippen molar-refractivity contribution >= 4 is 6.16 Å². The molecule has 5 nitrogen and oxygen atoms in total. The van der Waals surface area contributed by atoms with Crippen molar-refractivity contribution in [3.05, 3.63) is 0 Å². The van der Waals surface area contributed by atoms with Crippen LogP contribution in [0.4, 0.5) is 4.79 Å². The van der Waals surface area contributed by atoms with Crippen LogP contribution in [0, 0.1) is 0 Å². The van der Waals surface area contributed by atoms with Crippen LogP contribution in [0.5, 0.6) is 0 Å². The molecule has 7 heteroatoms. The fraction of sp³-hybridized carbons (Fsp3) is 0. The van der Waals surface area contributed by atoms with E-state index in [2.05, 4.69) is 0 Å². The van der Waals surface area contributed by atoms with Crippen molar-refractivity contribution in [3.8, 4) is 0 Å². The topological polar surface area (TPSA) is 125 Å². The van der Waals surface area contributed by atoms with E-state index in [1.807, 2.05) is 0 Å². The summed E-state index contributed by atoms with van der Waals surface area (Å²) in [7, 11) is 0. The summed E-state index contributed by atoms with van der Waals surface area (Å²) in [5.41, 5.74) is 0. The van der Waals surface area contributed by atoms with Gasteiger partial charge in [-0.15, -0.1) is 0 Å². The Balaban J connectivity index is -0.00000000750. The van der Waals surface area contributed by atoms with Crippen LogP contribution in [-0.2, 0) is 33.3 Å². The summed E-state index contributed by atoms with van der Waals surface area (Å²) >= 11 is 0. The van der Waals surface area contributed by atoms with Crippen molar-refractivity contribution in [2.75, 3.05) is 0 Å². The van der Waals surface area contributed by atoms with Gasteiger partial charge in [0, 0.05) is 0 Å². The molecule has 0 bridgehead atoms. The summed E-state index contributed by atoms with van der Waals surface area (Å²) in [5, 5.41) is 16.7. The smallest absolute Gasteiger partial charge is 0.870 e. The third kappa shape index (κ3) is 4620. The van der Waals surface area contributed by atoms with Crippen molar-refractivity contribution in [1.29, 1.82) is 0 Å². The van der Waals surface area contributed by atoms with E-state index in [1.165, 1.54) is 0 Å². The molecule has 0 aromatic rings. The van der Waals surface area contributed by atoms with E-state index < -0.39 is 6.16 Å². The van der Waals surface area contributed by atoms with Gasteiger partial charge >= 0.3 is 33.3 Å². The van der Waals surface area contributed by atoms with Gasteiger partial charge in [0.05, 0.1) is 0 Å². The Morgan fingerprint density at radius 1 is 1.25 bits per heavy atom. The quantitative estimate of drug-likeness (QED) is 0.387. The van der Waals surface area contributed by atoms with Gasteiger partial charge in [0.25, 0.3) is 0 Å². The summed E-state index contributed by atoms with van der Waals surface area (Å²) in [6.07, 6.45) is -2.33. The molecule has 0 spiro atoms. The summed E-state index contributed by atoms with van der Waals surface area (Å²) in [6.45, 7) is 0. The first-order valence-electron chi connectivity index (χ1n) is 0.612. The van der Waals surface area contributed by atoms with Crippen molar-refractivity contribution < 1.29 is 59.2 Å². The Morgan fingerprint density at radius 3 is 1.25 bits per heavy atom. The van der Waals surface area contributed by atoms with Crippen LogP contribution in [0.15, 0.2) is 0 Å². The molecule has 8 heavy (non-hydrogen) atoms. The summed E-state index contributed by atoms with van der Waals surface area (Å²) in [4.78, 5) is 8.33. The van der Waals surface area contributed by atoms with Crippen molar-refractivity contribution in [1.82, 2.24) is 0 Å². The molecule has 0 rings (SSSR count). The van der Waals surface area contributed by atoms with E-state index in [-0.39, 0.29) is 44.2 Å². The van der Waals surface area contributed by atoms with E-state index in [9.17, 15) is 0 Å². The maximum Gasteiger partial charge on any atom is 3.00 e. The molecular weight excluding hydrogens is 210 g/mol. The van der Waals surface area contributed by atoms with E-state index in [1.54, 1.807) is 0 Å². The van der Waals surface area contributed by atoms with Gasteiger partial charge in [-0.25, -0.2) is 0 Å². The Bertz CT molecular complexity index is 35.4. The maximum absolute atomic E-state index is 8.33. The molecule has 0 atom stereocenters. The van der Waals surface area contributed by atoms with Crippen LogP contribution < -0.4 is 10.2 Å². The maximum atomic E-state index is 8.33. The number of hydrogen-bond acceptors (Lipinski definition) is 4. The van der Waals surface area contributed by atoms with Gasteiger partial charge in [-0.2, -0.15) is 0 Å². The van der Waals surface area contributed by atoms with Crippen molar-refractivity contribution in [2.24, 2.45) is 0 Å². The van der Waals surface area contributed by atoms with Crippen LogP contribution in [0.1, 0.15) is 0 Å². The Kier molecular flexibility index (Phi) is 141. The minimum absolute atomic E-state index is 0. The van der Waals surface area contributed by atoms with Crippen LogP contribution >= 0.6 is 0 Å². The fourth-order valence-electron chi connectivity index (χ4n) is 0. The molecule has 0 saturated heterocycles. The van der Waals surface area contributed by atoms with E-state index in [0.29, 0.717) is 0 Å². The number of carbonyl (C=O) groups is 1. The van der Waals surface area contributed by atoms with Gasteiger partial charge in [0.15, 0.2) is 0 Å². The zero-order chi connectivity index (χ0) is 3.58. The largest absolute Gasteiger partial charge is 3.00 e. The van der Waals surface area contributed by atoms with E-state index >= 15 is 0 Å². The number of carboxylic acid groups (broad SMARTS) is 2. The van der Waals surface area contributed by atoms with Gasteiger partial charge in [-0.1, -0.05) is 0 Å². The first kappa shape index (κ1) is 41.6. The zero-order valence-electron chi connectivity index (χ0n) is 3.32. The SMILES string of the molecule is O.O=C([O-])[O-].[Co+3].[Ni+2].[OH-].